The molecule has 1 heterocycles. The Bertz CT molecular complexity index is 581. The Hall–Kier alpha value is -1.94. The van der Waals surface area contributed by atoms with Gasteiger partial charge < -0.3 is 10.6 Å². The Morgan fingerprint density at radius 3 is 2.74 bits per heavy atom. The van der Waals surface area contributed by atoms with Gasteiger partial charge in [0.1, 0.15) is 4.99 Å². The number of hydrogen-bond donors (Lipinski definition) is 1. The smallest absolute Gasteiger partial charge is 0.103 e. The zero-order valence-electron chi connectivity index (χ0n) is 11.1. The molecule has 0 unspecified atom stereocenters. The zero-order chi connectivity index (χ0) is 13.8. The van der Waals surface area contributed by atoms with Gasteiger partial charge in [-0.2, -0.15) is 0 Å². The molecule has 0 bridgehead atoms. The Morgan fingerprint density at radius 2 is 2.16 bits per heavy atom. The van der Waals surface area contributed by atoms with Crippen molar-refractivity contribution >= 4 is 22.9 Å². The minimum Gasteiger partial charge on any atom is -0.389 e. The first-order valence-corrected chi connectivity index (χ1v) is 6.49. The van der Waals surface area contributed by atoms with Crippen molar-refractivity contribution in [2.75, 3.05) is 11.9 Å². The van der Waals surface area contributed by atoms with Crippen LogP contribution in [0.5, 0.6) is 0 Å². The van der Waals surface area contributed by atoms with Crippen LogP contribution in [0.25, 0.3) is 0 Å². The standard InChI is InChI=1S/C15H17N3S/c1-11-8-13(15(16)19)5-6-14(11)18(2)10-12-4-3-7-17-9-12/h3-9H,10H2,1-2H3,(H2,16,19). The summed E-state index contributed by atoms with van der Waals surface area (Å²) in [6.45, 7) is 2.89. The average molecular weight is 271 g/mol. The van der Waals surface area contributed by atoms with Crippen LogP contribution in [0.1, 0.15) is 16.7 Å². The van der Waals surface area contributed by atoms with Crippen LogP contribution in [-0.4, -0.2) is 17.0 Å². The van der Waals surface area contributed by atoms with Crippen molar-refractivity contribution in [3.05, 3.63) is 59.4 Å². The van der Waals surface area contributed by atoms with Gasteiger partial charge in [0.2, 0.25) is 0 Å². The molecule has 2 N–H and O–H groups in total. The Kier molecular flexibility index (Phi) is 4.12. The minimum absolute atomic E-state index is 0.435. The van der Waals surface area contributed by atoms with Gasteiger partial charge in [-0.15, -0.1) is 0 Å². The molecule has 0 saturated heterocycles. The summed E-state index contributed by atoms with van der Waals surface area (Å²) < 4.78 is 0. The predicted molar refractivity (Wildman–Crippen MR) is 83.4 cm³/mol. The number of nitrogens with two attached hydrogens (primary N) is 1. The lowest BCUT2D eigenvalue weighted by Crippen LogP contribution is -2.18. The number of hydrogen-bond acceptors (Lipinski definition) is 3. The zero-order valence-corrected chi connectivity index (χ0v) is 11.9. The normalized spacial score (nSPS) is 10.2. The van der Waals surface area contributed by atoms with Gasteiger partial charge in [0.05, 0.1) is 0 Å². The highest BCUT2D eigenvalue weighted by Crippen LogP contribution is 2.21. The summed E-state index contributed by atoms with van der Waals surface area (Å²) in [5, 5.41) is 0. The average Bonchev–Trinajstić information content (AvgIpc) is 2.39. The number of rotatable bonds is 4. The van der Waals surface area contributed by atoms with E-state index in [-0.39, 0.29) is 0 Å². The highest BCUT2D eigenvalue weighted by molar-refractivity contribution is 7.80. The third-order valence-electron chi connectivity index (χ3n) is 3.04. The molecule has 98 valence electrons. The highest BCUT2D eigenvalue weighted by atomic mass is 32.1. The molecule has 19 heavy (non-hydrogen) atoms. The monoisotopic (exact) mass is 271 g/mol. The minimum atomic E-state index is 0.435. The van der Waals surface area contributed by atoms with Crippen LogP contribution in [-0.2, 0) is 6.54 Å². The van der Waals surface area contributed by atoms with Gasteiger partial charge in [-0.1, -0.05) is 18.3 Å². The number of aromatic nitrogens is 1. The van der Waals surface area contributed by atoms with E-state index in [4.69, 9.17) is 18.0 Å². The van der Waals surface area contributed by atoms with E-state index in [0.29, 0.717) is 4.99 Å². The molecule has 2 aromatic rings. The molecule has 4 heteroatoms. The first-order valence-electron chi connectivity index (χ1n) is 6.08. The van der Waals surface area contributed by atoms with E-state index >= 15 is 0 Å². The highest BCUT2D eigenvalue weighted by Gasteiger charge is 2.07. The Balaban J connectivity index is 2.20. The maximum absolute atomic E-state index is 5.64. The van der Waals surface area contributed by atoms with Gasteiger partial charge in [-0.05, 0) is 42.3 Å². The molecule has 0 atom stereocenters. The fourth-order valence-electron chi connectivity index (χ4n) is 2.09. The predicted octanol–water partition coefficient (Wildman–Crippen LogP) is 2.66. The lowest BCUT2D eigenvalue weighted by atomic mass is 10.1. The molecule has 0 spiro atoms. The molecule has 1 aromatic carbocycles. The Morgan fingerprint density at radius 1 is 1.37 bits per heavy atom. The second kappa shape index (κ2) is 5.80. The van der Waals surface area contributed by atoms with Crippen molar-refractivity contribution in [3.63, 3.8) is 0 Å². The number of thiocarbonyl (C=S) groups is 1. The molecule has 1 aromatic heterocycles. The van der Waals surface area contributed by atoms with Crippen molar-refractivity contribution in [2.45, 2.75) is 13.5 Å². The molecule has 0 fully saturated rings. The van der Waals surface area contributed by atoms with Crippen LogP contribution in [0.15, 0.2) is 42.7 Å². The molecule has 0 radical (unpaired) electrons. The van der Waals surface area contributed by atoms with Gasteiger partial charge in [-0.3, -0.25) is 4.98 Å². The van der Waals surface area contributed by atoms with E-state index in [0.717, 1.165) is 17.7 Å². The van der Waals surface area contributed by atoms with Crippen LogP contribution < -0.4 is 10.6 Å². The van der Waals surface area contributed by atoms with E-state index in [1.807, 2.05) is 24.4 Å². The second-order valence-corrected chi connectivity index (χ2v) is 5.02. The summed E-state index contributed by atoms with van der Waals surface area (Å²) in [7, 11) is 2.07. The SMILES string of the molecule is Cc1cc(C(N)=S)ccc1N(C)Cc1cccnc1. The van der Waals surface area contributed by atoms with Crippen molar-refractivity contribution < 1.29 is 0 Å². The van der Waals surface area contributed by atoms with E-state index in [9.17, 15) is 0 Å². The molecule has 0 aliphatic carbocycles. The molecule has 2 rings (SSSR count). The van der Waals surface area contributed by atoms with Crippen molar-refractivity contribution in [1.82, 2.24) is 4.98 Å². The van der Waals surface area contributed by atoms with Gasteiger partial charge in [0, 0.05) is 37.2 Å². The summed E-state index contributed by atoms with van der Waals surface area (Å²) in [6, 6.07) is 10.1. The molecular formula is C15H17N3S. The van der Waals surface area contributed by atoms with Crippen molar-refractivity contribution in [2.24, 2.45) is 5.73 Å². The number of aryl methyl sites for hydroxylation is 1. The molecule has 3 nitrogen and oxygen atoms in total. The van der Waals surface area contributed by atoms with Gasteiger partial charge in [0.25, 0.3) is 0 Å². The van der Waals surface area contributed by atoms with Crippen LogP contribution in [0, 0.1) is 6.92 Å². The summed E-state index contributed by atoms with van der Waals surface area (Å²) in [5.74, 6) is 0. The van der Waals surface area contributed by atoms with Crippen LogP contribution >= 0.6 is 12.2 Å². The second-order valence-electron chi connectivity index (χ2n) is 4.58. The van der Waals surface area contributed by atoms with Crippen molar-refractivity contribution in [3.8, 4) is 0 Å². The molecular weight excluding hydrogens is 254 g/mol. The number of benzene rings is 1. The lowest BCUT2D eigenvalue weighted by molar-refractivity contribution is 0.910. The molecule has 0 aliphatic rings. The number of nitrogens with zero attached hydrogens (tertiary/aromatic N) is 2. The summed E-state index contributed by atoms with van der Waals surface area (Å²) in [6.07, 6.45) is 3.67. The third kappa shape index (κ3) is 3.29. The first-order chi connectivity index (χ1) is 9.08. The van der Waals surface area contributed by atoms with Gasteiger partial charge in [0.15, 0.2) is 0 Å². The summed E-state index contributed by atoms with van der Waals surface area (Å²) in [4.78, 5) is 6.76. The van der Waals surface area contributed by atoms with Crippen molar-refractivity contribution in [1.29, 1.82) is 0 Å². The lowest BCUT2D eigenvalue weighted by Gasteiger charge is -2.22. The van der Waals surface area contributed by atoms with Crippen LogP contribution in [0.3, 0.4) is 0 Å². The Labute approximate surface area is 119 Å². The van der Waals surface area contributed by atoms with Crippen LogP contribution in [0.4, 0.5) is 5.69 Å². The van der Waals surface area contributed by atoms with Gasteiger partial charge >= 0.3 is 0 Å². The maximum atomic E-state index is 5.64. The molecule has 0 aliphatic heterocycles. The van der Waals surface area contributed by atoms with E-state index in [2.05, 4.69) is 36.0 Å². The number of anilines is 1. The van der Waals surface area contributed by atoms with E-state index < -0.39 is 0 Å². The topological polar surface area (TPSA) is 42.1 Å². The summed E-state index contributed by atoms with van der Waals surface area (Å²) >= 11 is 4.99. The summed E-state index contributed by atoms with van der Waals surface area (Å²) in [5.41, 5.74) is 10.1. The van der Waals surface area contributed by atoms with Crippen LogP contribution in [0.2, 0.25) is 0 Å². The molecule has 0 saturated carbocycles. The van der Waals surface area contributed by atoms with E-state index in [1.54, 1.807) is 6.20 Å². The maximum Gasteiger partial charge on any atom is 0.103 e. The first kappa shape index (κ1) is 13.5. The molecule has 0 amide bonds. The number of pyridine rings is 1. The quantitative estimate of drug-likeness (QED) is 0.868. The van der Waals surface area contributed by atoms with E-state index in [1.165, 1.54) is 11.3 Å². The van der Waals surface area contributed by atoms with Gasteiger partial charge in [-0.25, -0.2) is 0 Å². The fraction of sp³-hybridized carbons (Fsp3) is 0.200. The fourth-order valence-corrected chi connectivity index (χ4v) is 2.21. The largest absolute Gasteiger partial charge is 0.389 e. The third-order valence-corrected chi connectivity index (χ3v) is 3.27.